The molecule has 1 rings (SSSR count). The topological polar surface area (TPSA) is 21.3 Å². The third kappa shape index (κ3) is 2.32. The lowest BCUT2D eigenvalue weighted by Gasteiger charge is -2.15. The van der Waals surface area contributed by atoms with Gasteiger partial charge in [-0.2, -0.15) is 0 Å². The first-order chi connectivity index (χ1) is 7.13. The lowest BCUT2D eigenvalue weighted by Crippen LogP contribution is -1.99. The number of hydrogen-bond donors (Lipinski definition) is 1. The Hall–Kier alpha value is -1.44. The Kier molecular flexibility index (Phi) is 3.78. The molecule has 0 amide bonds. The Labute approximate surface area is 92.0 Å². The SMILES string of the molecule is C=C(C)c1c(NC)cc(CC)cc1OC. The maximum absolute atomic E-state index is 5.39. The van der Waals surface area contributed by atoms with Crippen LogP contribution in [0.5, 0.6) is 5.75 Å². The van der Waals surface area contributed by atoms with Crippen LogP contribution in [-0.4, -0.2) is 14.2 Å². The molecule has 2 heteroatoms. The van der Waals surface area contributed by atoms with Crippen LogP contribution in [0.1, 0.15) is 25.0 Å². The number of anilines is 1. The van der Waals surface area contributed by atoms with Crippen molar-refractivity contribution in [3.63, 3.8) is 0 Å². The molecule has 0 bridgehead atoms. The summed E-state index contributed by atoms with van der Waals surface area (Å²) in [6.07, 6.45) is 1.00. The summed E-state index contributed by atoms with van der Waals surface area (Å²) >= 11 is 0. The quantitative estimate of drug-likeness (QED) is 0.814. The summed E-state index contributed by atoms with van der Waals surface area (Å²) in [4.78, 5) is 0. The van der Waals surface area contributed by atoms with Crippen molar-refractivity contribution in [1.29, 1.82) is 0 Å². The van der Waals surface area contributed by atoms with Crippen LogP contribution in [0.15, 0.2) is 18.7 Å². The maximum Gasteiger partial charge on any atom is 0.128 e. The molecule has 0 saturated carbocycles. The minimum atomic E-state index is 0.895. The van der Waals surface area contributed by atoms with Crippen molar-refractivity contribution in [3.8, 4) is 5.75 Å². The third-order valence-corrected chi connectivity index (χ3v) is 2.49. The van der Waals surface area contributed by atoms with Gasteiger partial charge in [0.2, 0.25) is 0 Å². The summed E-state index contributed by atoms with van der Waals surface area (Å²) in [5, 5.41) is 3.19. The molecule has 0 atom stereocenters. The highest BCUT2D eigenvalue weighted by molar-refractivity contribution is 5.79. The second kappa shape index (κ2) is 4.87. The Morgan fingerprint density at radius 2 is 2.13 bits per heavy atom. The van der Waals surface area contributed by atoms with Gasteiger partial charge in [0.1, 0.15) is 5.75 Å². The first kappa shape index (κ1) is 11.6. The molecule has 0 heterocycles. The van der Waals surface area contributed by atoms with Crippen LogP contribution in [0.3, 0.4) is 0 Å². The highest BCUT2D eigenvalue weighted by Crippen LogP contribution is 2.33. The summed E-state index contributed by atoms with van der Waals surface area (Å²) in [6, 6.07) is 4.22. The van der Waals surface area contributed by atoms with E-state index in [9.17, 15) is 0 Å². The standard InChI is InChI=1S/C13H19NO/c1-6-10-7-11(14-4)13(9(2)3)12(8-10)15-5/h7-8,14H,2,6H2,1,3-5H3. The Morgan fingerprint density at radius 1 is 1.47 bits per heavy atom. The summed E-state index contributed by atoms with van der Waals surface area (Å²) in [6.45, 7) is 8.10. The van der Waals surface area contributed by atoms with E-state index in [1.807, 2.05) is 14.0 Å². The van der Waals surface area contributed by atoms with Crippen LogP contribution in [0.4, 0.5) is 5.69 Å². The van der Waals surface area contributed by atoms with Gasteiger partial charge in [0.15, 0.2) is 0 Å². The summed E-state index contributed by atoms with van der Waals surface area (Å²) in [7, 11) is 3.61. The molecule has 0 aliphatic carbocycles. The summed E-state index contributed by atoms with van der Waals surface area (Å²) in [5.41, 5.74) is 4.43. The minimum Gasteiger partial charge on any atom is -0.496 e. The van der Waals surface area contributed by atoms with Gasteiger partial charge in [0.05, 0.1) is 7.11 Å². The first-order valence-electron chi connectivity index (χ1n) is 5.18. The number of methoxy groups -OCH3 is 1. The van der Waals surface area contributed by atoms with Crippen molar-refractivity contribution in [2.24, 2.45) is 0 Å². The third-order valence-electron chi connectivity index (χ3n) is 2.49. The Balaban J connectivity index is 3.39. The Bertz CT molecular complexity index is 344. The molecule has 0 aromatic heterocycles. The molecule has 0 aliphatic rings. The second-order valence-electron chi connectivity index (χ2n) is 3.60. The van der Waals surface area contributed by atoms with E-state index in [0.717, 1.165) is 29.0 Å². The second-order valence-corrected chi connectivity index (χ2v) is 3.60. The van der Waals surface area contributed by atoms with E-state index in [2.05, 4.69) is 31.0 Å². The normalized spacial score (nSPS) is 9.87. The lowest BCUT2D eigenvalue weighted by molar-refractivity contribution is 0.413. The summed E-state index contributed by atoms with van der Waals surface area (Å²) < 4.78 is 5.39. The molecule has 1 N–H and O–H groups in total. The fourth-order valence-electron chi connectivity index (χ4n) is 1.68. The van der Waals surface area contributed by atoms with Crippen molar-refractivity contribution < 1.29 is 4.74 Å². The van der Waals surface area contributed by atoms with E-state index in [1.54, 1.807) is 7.11 Å². The zero-order valence-corrected chi connectivity index (χ0v) is 9.98. The van der Waals surface area contributed by atoms with Crippen molar-refractivity contribution in [2.75, 3.05) is 19.5 Å². The zero-order chi connectivity index (χ0) is 11.4. The number of hydrogen-bond acceptors (Lipinski definition) is 2. The first-order valence-corrected chi connectivity index (χ1v) is 5.18. The zero-order valence-electron chi connectivity index (χ0n) is 9.98. The largest absolute Gasteiger partial charge is 0.496 e. The van der Waals surface area contributed by atoms with Gasteiger partial charge in [0, 0.05) is 18.3 Å². The molecule has 0 fully saturated rings. The molecule has 1 aromatic carbocycles. The van der Waals surface area contributed by atoms with Gasteiger partial charge in [-0.25, -0.2) is 0 Å². The number of aryl methyl sites for hydroxylation is 1. The van der Waals surface area contributed by atoms with E-state index >= 15 is 0 Å². The van der Waals surface area contributed by atoms with Crippen LogP contribution in [0.25, 0.3) is 5.57 Å². The molecular weight excluding hydrogens is 186 g/mol. The molecule has 0 aliphatic heterocycles. The summed E-state index contributed by atoms with van der Waals surface area (Å²) in [5.74, 6) is 0.895. The molecular formula is C13H19NO. The number of ether oxygens (including phenoxy) is 1. The predicted molar refractivity (Wildman–Crippen MR) is 66.6 cm³/mol. The van der Waals surface area contributed by atoms with Crippen molar-refractivity contribution in [3.05, 3.63) is 29.8 Å². The molecule has 0 saturated heterocycles. The number of benzene rings is 1. The highest BCUT2D eigenvalue weighted by atomic mass is 16.5. The lowest BCUT2D eigenvalue weighted by atomic mass is 10.0. The molecule has 0 unspecified atom stereocenters. The van der Waals surface area contributed by atoms with Crippen LogP contribution in [-0.2, 0) is 6.42 Å². The van der Waals surface area contributed by atoms with Crippen molar-refractivity contribution in [2.45, 2.75) is 20.3 Å². The average Bonchev–Trinajstić information content (AvgIpc) is 2.26. The van der Waals surface area contributed by atoms with Gasteiger partial charge in [-0.15, -0.1) is 0 Å². The minimum absolute atomic E-state index is 0.895. The smallest absolute Gasteiger partial charge is 0.128 e. The van der Waals surface area contributed by atoms with Crippen molar-refractivity contribution in [1.82, 2.24) is 0 Å². The van der Waals surface area contributed by atoms with Crippen LogP contribution in [0, 0.1) is 0 Å². The van der Waals surface area contributed by atoms with Gasteiger partial charge in [-0.05, 0) is 36.6 Å². The fourth-order valence-corrected chi connectivity index (χ4v) is 1.68. The molecule has 1 aromatic rings. The van der Waals surface area contributed by atoms with Gasteiger partial charge in [0.25, 0.3) is 0 Å². The van der Waals surface area contributed by atoms with Crippen LogP contribution < -0.4 is 10.1 Å². The van der Waals surface area contributed by atoms with E-state index in [0.29, 0.717) is 0 Å². The van der Waals surface area contributed by atoms with Crippen LogP contribution >= 0.6 is 0 Å². The Morgan fingerprint density at radius 3 is 2.53 bits per heavy atom. The monoisotopic (exact) mass is 205 g/mol. The average molecular weight is 205 g/mol. The maximum atomic E-state index is 5.39. The van der Waals surface area contributed by atoms with Gasteiger partial charge < -0.3 is 10.1 Å². The number of allylic oxidation sites excluding steroid dienone is 1. The van der Waals surface area contributed by atoms with E-state index in [4.69, 9.17) is 4.74 Å². The van der Waals surface area contributed by atoms with E-state index in [1.165, 1.54) is 5.56 Å². The van der Waals surface area contributed by atoms with Gasteiger partial charge in [-0.1, -0.05) is 13.5 Å². The molecule has 0 spiro atoms. The molecule has 82 valence electrons. The molecule has 0 radical (unpaired) electrons. The van der Waals surface area contributed by atoms with Crippen LogP contribution in [0.2, 0.25) is 0 Å². The highest BCUT2D eigenvalue weighted by Gasteiger charge is 2.10. The van der Waals surface area contributed by atoms with E-state index in [-0.39, 0.29) is 0 Å². The number of nitrogens with one attached hydrogen (secondary N) is 1. The van der Waals surface area contributed by atoms with Gasteiger partial charge in [-0.3, -0.25) is 0 Å². The molecule has 2 nitrogen and oxygen atoms in total. The predicted octanol–water partition coefficient (Wildman–Crippen LogP) is 3.33. The number of rotatable bonds is 4. The van der Waals surface area contributed by atoms with E-state index < -0.39 is 0 Å². The fraction of sp³-hybridized carbons (Fsp3) is 0.385. The van der Waals surface area contributed by atoms with Crippen molar-refractivity contribution >= 4 is 11.3 Å². The molecule has 15 heavy (non-hydrogen) atoms. The van der Waals surface area contributed by atoms with Gasteiger partial charge >= 0.3 is 0 Å².